The lowest BCUT2D eigenvalue weighted by Gasteiger charge is -2.10. The van der Waals surface area contributed by atoms with Crippen molar-refractivity contribution in [3.8, 4) is 5.75 Å². The van der Waals surface area contributed by atoms with Crippen molar-refractivity contribution >= 4 is 0 Å². The molecule has 0 heterocycles. The van der Waals surface area contributed by atoms with Gasteiger partial charge in [0, 0.05) is 6.04 Å². The Morgan fingerprint density at radius 1 is 1.53 bits per heavy atom. The largest absolute Gasteiger partial charge is 0.494 e. The Morgan fingerprint density at radius 3 is 3.00 bits per heavy atom. The molecule has 2 nitrogen and oxygen atoms in total. The lowest BCUT2D eigenvalue weighted by Crippen LogP contribution is -2.21. The molecule has 0 saturated heterocycles. The summed E-state index contributed by atoms with van der Waals surface area (Å²) in [5.74, 6) is 0.917. The van der Waals surface area contributed by atoms with Gasteiger partial charge in [0.2, 0.25) is 0 Å². The van der Waals surface area contributed by atoms with E-state index in [1.807, 2.05) is 24.3 Å². The first-order valence-corrected chi connectivity index (χ1v) is 5.28. The summed E-state index contributed by atoms with van der Waals surface area (Å²) in [6, 6.07) is 8.20. The van der Waals surface area contributed by atoms with Gasteiger partial charge in [0.1, 0.15) is 5.75 Å². The van der Waals surface area contributed by atoms with Crippen molar-refractivity contribution in [1.82, 2.24) is 0 Å². The maximum Gasteiger partial charge on any atom is 0.119 e. The van der Waals surface area contributed by atoms with Crippen LogP contribution in [-0.2, 0) is 0 Å². The van der Waals surface area contributed by atoms with Gasteiger partial charge >= 0.3 is 0 Å². The maximum atomic E-state index is 5.83. The maximum absolute atomic E-state index is 5.83. The first-order chi connectivity index (χ1) is 7.22. The van der Waals surface area contributed by atoms with E-state index in [-0.39, 0.29) is 6.04 Å². The van der Waals surface area contributed by atoms with E-state index in [1.165, 1.54) is 5.56 Å². The molecule has 1 unspecified atom stereocenters. The monoisotopic (exact) mass is 205 g/mol. The molecular weight excluding hydrogens is 186 g/mol. The smallest absolute Gasteiger partial charge is 0.119 e. The molecule has 2 N–H and O–H groups in total. The zero-order chi connectivity index (χ0) is 11.1. The Balaban J connectivity index is 2.28. The molecule has 0 bridgehead atoms. The Bertz CT molecular complexity index is 309. The SMILES string of the molecule is C=CCC(N)CCOc1cccc(C)c1. The molecule has 0 spiro atoms. The van der Waals surface area contributed by atoms with Crippen LogP contribution in [0.25, 0.3) is 0 Å². The summed E-state index contributed by atoms with van der Waals surface area (Å²) >= 11 is 0. The molecule has 1 aromatic carbocycles. The van der Waals surface area contributed by atoms with Gasteiger partial charge in [-0.2, -0.15) is 0 Å². The number of aryl methyl sites for hydroxylation is 1. The summed E-state index contributed by atoms with van der Waals surface area (Å²) in [6.45, 7) is 6.37. The lowest BCUT2D eigenvalue weighted by atomic mass is 10.1. The second kappa shape index (κ2) is 6.25. The average Bonchev–Trinajstić information content (AvgIpc) is 2.18. The second-order valence-corrected chi connectivity index (χ2v) is 3.74. The summed E-state index contributed by atoms with van der Waals surface area (Å²) in [5, 5.41) is 0. The molecule has 0 amide bonds. The van der Waals surface area contributed by atoms with Crippen LogP contribution in [0, 0.1) is 6.92 Å². The number of ether oxygens (including phenoxy) is 1. The summed E-state index contributed by atoms with van der Waals surface area (Å²) in [6.07, 6.45) is 3.55. The topological polar surface area (TPSA) is 35.2 Å². The van der Waals surface area contributed by atoms with E-state index in [4.69, 9.17) is 10.5 Å². The van der Waals surface area contributed by atoms with Crippen LogP contribution in [0.2, 0.25) is 0 Å². The van der Waals surface area contributed by atoms with Crippen LogP contribution in [-0.4, -0.2) is 12.6 Å². The first kappa shape index (κ1) is 11.8. The molecule has 0 aliphatic heterocycles. The van der Waals surface area contributed by atoms with E-state index < -0.39 is 0 Å². The van der Waals surface area contributed by atoms with E-state index in [9.17, 15) is 0 Å². The summed E-state index contributed by atoms with van der Waals surface area (Å²) in [7, 11) is 0. The highest BCUT2D eigenvalue weighted by molar-refractivity contribution is 5.27. The molecule has 0 aromatic heterocycles. The quantitative estimate of drug-likeness (QED) is 0.725. The van der Waals surface area contributed by atoms with E-state index in [0.29, 0.717) is 6.61 Å². The van der Waals surface area contributed by atoms with Gasteiger partial charge in [-0.25, -0.2) is 0 Å². The van der Waals surface area contributed by atoms with E-state index >= 15 is 0 Å². The summed E-state index contributed by atoms with van der Waals surface area (Å²) in [5.41, 5.74) is 7.04. The molecule has 15 heavy (non-hydrogen) atoms. The molecule has 1 aromatic rings. The van der Waals surface area contributed by atoms with Crippen LogP contribution >= 0.6 is 0 Å². The van der Waals surface area contributed by atoms with E-state index in [2.05, 4.69) is 19.6 Å². The van der Waals surface area contributed by atoms with Crippen LogP contribution in [0.15, 0.2) is 36.9 Å². The van der Waals surface area contributed by atoms with Crippen molar-refractivity contribution in [1.29, 1.82) is 0 Å². The van der Waals surface area contributed by atoms with Gasteiger partial charge < -0.3 is 10.5 Å². The second-order valence-electron chi connectivity index (χ2n) is 3.74. The van der Waals surface area contributed by atoms with Crippen LogP contribution in [0.1, 0.15) is 18.4 Å². The molecule has 0 aliphatic rings. The predicted molar refractivity (Wildman–Crippen MR) is 64.1 cm³/mol. The van der Waals surface area contributed by atoms with E-state index in [1.54, 1.807) is 0 Å². The van der Waals surface area contributed by atoms with Gasteiger partial charge in [-0.05, 0) is 37.5 Å². The predicted octanol–water partition coefficient (Wildman–Crippen LogP) is 2.67. The number of rotatable bonds is 6. The fourth-order valence-electron chi connectivity index (χ4n) is 1.37. The molecule has 0 radical (unpaired) electrons. The number of hydrogen-bond acceptors (Lipinski definition) is 2. The van der Waals surface area contributed by atoms with Crippen molar-refractivity contribution in [2.45, 2.75) is 25.8 Å². The first-order valence-electron chi connectivity index (χ1n) is 5.28. The fraction of sp³-hybridized carbons (Fsp3) is 0.385. The zero-order valence-electron chi connectivity index (χ0n) is 9.28. The Hall–Kier alpha value is -1.28. The third-order valence-corrected chi connectivity index (χ3v) is 2.22. The third kappa shape index (κ3) is 4.66. The zero-order valence-corrected chi connectivity index (χ0v) is 9.28. The third-order valence-electron chi connectivity index (χ3n) is 2.22. The molecular formula is C13H19NO. The Kier molecular flexibility index (Phi) is 4.91. The van der Waals surface area contributed by atoms with Crippen LogP contribution in [0.4, 0.5) is 0 Å². The minimum absolute atomic E-state index is 0.160. The highest BCUT2D eigenvalue weighted by Crippen LogP contribution is 2.12. The Labute approximate surface area is 91.7 Å². The van der Waals surface area contributed by atoms with Gasteiger partial charge in [0.05, 0.1) is 6.61 Å². The molecule has 0 saturated carbocycles. The van der Waals surface area contributed by atoms with Crippen molar-refractivity contribution in [2.24, 2.45) is 5.73 Å². The summed E-state index contributed by atoms with van der Waals surface area (Å²) in [4.78, 5) is 0. The molecule has 0 aliphatic carbocycles. The van der Waals surface area contributed by atoms with Gasteiger partial charge in [-0.3, -0.25) is 0 Å². The highest BCUT2D eigenvalue weighted by Gasteiger charge is 2.00. The summed E-state index contributed by atoms with van der Waals surface area (Å²) < 4.78 is 5.59. The van der Waals surface area contributed by atoms with Crippen LogP contribution < -0.4 is 10.5 Å². The number of hydrogen-bond donors (Lipinski definition) is 1. The fourth-order valence-corrected chi connectivity index (χ4v) is 1.37. The average molecular weight is 205 g/mol. The van der Waals surface area contributed by atoms with Crippen molar-refractivity contribution in [3.05, 3.63) is 42.5 Å². The van der Waals surface area contributed by atoms with Crippen molar-refractivity contribution < 1.29 is 4.74 Å². The van der Waals surface area contributed by atoms with Gasteiger partial charge in [0.15, 0.2) is 0 Å². The van der Waals surface area contributed by atoms with Gasteiger partial charge in [-0.15, -0.1) is 6.58 Å². The van der Waals surface area contributed by atoms with Crippen molar-refractivity contribution in [2.75, 3.05) is 6.61 Å². The normalized spacial score (nSPS) is 12.1. The standard InChI is InChI=1S/C13H19NO/c1-3-5-12(14)8-9-15-13-7-4-6-11(2)10-13/h3-4,6-7,10,12H,1,5,8-9,14H2,2H3. The minimum Gasteiger partial charge on any atom is -0.494 e. The van der Waals surface area contributed by atoms with E-state index in [0.717, 1.165) is 18.6 Å². The molecule has 82 valence electrons. The van der Waals surface area contributed by atoms with Gasteiger partial charge in [0.25, 0.3) is 0 Å². The van der Waals surface area contributed by atoms with Gasteiger partial charge in [-0.1, -0.05) is 18.2 Å². The molecule has 1 rings (SSSR count). The van der Waals surface area contributed by atoms with Crippen LogP contribution in [0.5, 0.6) is 5.75 Å². The minimum atomic E-state index is 0.160. The van der Waals surface area contributed by atoms with Crippen molar-refractivity contribution in [3.63, 3.8) is 0 Å². The molecule has 0 fully saturated rings. The Morgan fingerprint density at radius 2 is 2.33 bits per heavy atom. The number of nitrogens with two attached hydrogens (primary N) is 1. The molecule has 1 atom stereocenters. The highest BCUT2D eigenvalue weighted by atomic mass is 16.5. The molecule has 2 heteroatoms. The van der Waals surface area contributed by atoms with Crippen LogP contribution in [0.3, 0.4) is 0 Å². The lowest BCUT2D eigenvalue weighted by molar-refractivity contribution is 0.297. The number of benzene rings is 1.